The average Bonchev–Trinajstić information content (AvgIpc) is 2.78. The number of rotatable bonds is 3. The second-order valence-electron chi connectivity index (χ2n) is 5.74. The molecule has 0 amide bonds. The summed E-state index contributed by atoms with van der Waals surface area (Å²) in [5.74, 6) is 0. The van der Waals surface area contributed by atoms with E-state index in [0.717, 1.165) is 6.54 Å². The van der Waals surface area contributed by atoms with E-state index in [1.165, 1.54) is 30.9 Å². The molecule has 96 valence electrons. The van der Waals surface area contributed by atoms with E-state index in [-0.39, 0.29) is 0 Å². The molecule has 0 aromatic carbocycles. The molecule has 0 atom stereocenters. The summed E-state index contributed by atoms with van der Waals surface area (Å²) >= 11 is 1.73. The first-order valence-electron chi connectivity index (χ1n) is 6.42. The number of hydrogen-bond acceptors (Lipinski definition) is 4. The fraction of sp³-hybridized carbons (Fsp3) is 0.769. The smallest absolute Gasteiger partial charge is 0.106 e. The van der Waals surface area contributed by atoms with Crippen LogP contribution in [-0.4, -0.2) is 34.6 Å². The maximum atomic E-state index is 4.30. The van der Waals surface area contributed by atoms with Gasteiger partial charge in [0, 0.05) is 42.8 Å². The van der Waals surface area contributed by atoms with E-state index in [9.17, 15) is 0 Å². The van der Waals surface area contributed by atoms with Crippen LogP contribution in [0.5, 0.6) is 0 Å². The number of piperidine rings is 1. The maximum Gasteiger partial charge on any atom is 0.106 e. The molecular weight excluding hydrogens is 230 g/mol. The van der Waals surface area contributed by atoms with Crippen molar-refractivity contribution in [1.29, 1.82) is 0 Å². The monoisotopic (exact) mass is 253 g/mol. The number of hydrogen-bond donors (Lipinski definition) is 1. The molecule has 2 heterocycles. The van der Waals surface area contributed by atoms with E-state index in [1.54, 1.807) is 11.3 Å². The zero-order valence-corrected chi connectivity index (χ0v) is 11.9. The van der Waals surface area contributed by atoms with Crippen LogP contribution < -0.4 is 5.32 Å². The zero-order chi connectivity index (χ0) is 12.3. The lowest BCUT2D eigenvalue weighted by molar-refractivity contribution is 0.0960. The second-order valence-corrected chi connectivity index (χ2v) is 6.72. The predicted octanol–water partition coefficient (Wildman–Crippen LogP) is 2.50. The Bertz CT molecular complexity index is 321. The van der Waals surface area contributed by atoms with Gasteiger partial charge in [-0.3, -0.25) is 4.90 Å². The summed E-state index contributed by atoms with van der Waals surface area (Å²) in [4.78, 5) is 6.88. The Balaban J connectivity index is 1.72. The van der Waals surface area contributed by atoms with Crippen molar-refractivity contribution in [3.8, 4) is 0 Å². The summed E-state index contributed by atoms with van der Waals surface area (Å²) in [7, 11) is 0. The third-order valence-corrected chi connectivity index (χ3v) is 4.25. The molecule has 0 unspecified atom stereocenters. The van der Waals surface area contributed by atoms with Gasteiger partial charge in [-0.2, -0.15) is 0 Å². The minimum atomic E-state index is 0.320. The van der Waals surface area contributed by atoms with Gasteiger partial charge in [0.1, 0.15) is 5.01 Å². The van der Waals surface area contributed by atoms with Crippen LogP contribution in [0.2, 0.25) is 0 Å². The molecule has 1 N–H and O–H groups in total. The van der Waals surface area contributed by atoms with Crippen molar-refractivity contribution >= 4 is 11.3 Å². The van der Waals surface area contributed by atoms with Crippen LogP contribution in [0.1, 0.15) is 38.6 Å². The van der Waals surface area contributed by atoms with Crippen molar-refractivity contribution < 1.29 is 0 Å². The molecule has 1 saturated heterocycles. The molecule has 4 heteroatoms. The average molecular weight is 253 g/mol. The number of thiazole rings is 1. The van der Waals surface area contributed by atoms with E-state index in [2.05, 4.69) is 36.0 Å². The highest BCUT2D eigenvalue weighted by molar-refractivity contribution is 7.09. The van der Waals surface area contributed by atoms with Crippen LogP contribution in [0, 0.1) is 0 Å². The molecule has 0 bridgehead atoms. The van der Waals surface area contributed by atoms with Crippen molar-refractivity contribution in [2.45, 2.75) is 51.7 Å². The van der Waals surface area contributed by atoms with Crippen LogP contribution in [0.4, 0.5) is 0 Å². The first kappa shape index (κ1) is 13.0. The zero-order valence-electron chi connectivity index (χ0n) is 11.1. The highest BCUT2D eigenvalue weighted by Crippen LogP contribution is 2.20. The Labute approximate surface area is 108 Å². The Hall–Kier alpha value is -0.450. The Morgan fingerprint density at radius 2 is 2.12 bits per heavy atom. The van der Waals surface area contributed by atoms with E-state index >= 15 is 0 Å². The van der Waals surface area contributed by atoms with Crippen molar-refractivity contribution in [3.63, 3.8) is 0 Å². The molecule has 1 aliphatic heterocycles. The van der Waals surface area contributed by atoms with Crippen LogP contribution >= 0.6 is 11.3 Å². The number of nitrogens with one attached hydrogen (secondary N) is 1. The molecule has 0 radical (unpaired) electrons. The first-order valence-corrected chi connectivity index (χ1v) is 7.30. The molecule has 17 heavy (non-hydrogen) atoms. The quantitative estimate of drug-likeness (QED) is 0.897. The van der Waals surface area contributed by atoms with Crippen molar-refractivity contribution in [2.75, 3.05) is 13.1 Å². The van der Waals surface area contributed by atoms with Gasteiger partial charge >= 0.3 is 0 Å². The van der Waals surface area contributed by atoms with E-state index in [1.807, 2.05) is 11.6 Å². The van der Waals surface area contributed by atoms with Crippen molar-refractivity contribution in [3.05, 3.63) is 16.6 Å². The van der Waals surface area contributed by atoms with Gasteiger partial charge in [-0.05, 0) is 33.6 Å². The fourth-order valence-electron chi connectivity index (χ4n) is 2.33. The van der Waals surface area contributed by atoms with Crippen LogP contribution in [-0.2, 0) is 6.54 Å². The summed E-state index contributed by atoms with van der Waals surface area (Å²) in [6.07, 6.45) is 4.38. The first-order chi connectivity index (χ1) is 8.05. The normalized spacial score (nSPS) is 19.7. The van der Waals surface area contributed by atoms with Gasteiger partial charge in [0.25, 0.3) is 0 Å². The van der Waals surface area contributed by atoms with E-state index in [4.69, 9.17) is 0 Å². The van der Waals surface area contributed by atoms with Crippen LogP contribution in [0.3, 0.4) is 0 Å². The lowest BCUT2D eigenvalue weighted by atomic mass is 9.98. The van der Waals surface area contributed by atoms with Crippen molar-refractivity contribution in [1.82, 2.24) is 15.2 Å². The molecule has 2 rings (SSSR count). The molecular formula is C13H23N3S. The van der Waals surface area contributed by atoms with Gasteiger partial charge in [0.05, 0.1) is 0 Å². The topological polar surface area (TPSA) is 28.2 Å². The molecule has 1 aromatic heterocycles. The van der Waals surface area contributed by atoms with E-state index < -0.39 is 0 Å². The summed E-state index contributed by atoms with van der Waals surface area (Å²) in [5, 5.41) is 6.86. The summed E-state index contributed by atoms with van der Waals surface area (Å²) in [6, 6.07) is 0.664. The van der Waals surface area contributed by atoms with Crippen molar-refractivity contribution in [2.24, 2.45) is 0 Å². The lowest BCUT2D eigenvalue weighted by Gasteiger charge is -2.41. The molecule has 1 aliphatic rings. The SMILES string of the molecule is CC(C)(C)N1CCC(NCc2nccs2)CC1. The van der Waals surface area contributed by atoms with Gasteiger partial charge in [-0.1, -0.05) is 0 Å². The van der Waals surface area contributed by atoms with Gasteiger partial charge in [0.15, 0.2) is 0 Å². The van der Waals surface area contributed by atoms with Gasteiger partial charge < -0.3 is 5.32 Å². The van der Waals surface area contributed by atoms with Crippen LogP contribution in [0.15, 0.2) is 11.6 Å². The number of likely N-dealkylation sites (tertiary alicyclic amines) is 1. The van der Waals surface area contributed by atoms with Gasteiger partial charge in [-0.15, -0.1) is 11.3 Å². The maximum absolute atomic E-state index is 4.30. The van der Waals surface area contributed by atoms with Gasteiger partial charge in [0.2, 0.25) is 0 Å². The summed E-state index contributed by atoms with van der Waals surface area (Å²) in [6.45, 7) is 10.2. The molecule has 0 spiro atoms. The number of aromatic nitrogens is 1. The fourth-order valence-corrected chi connectivity index (χ4v) is 2.89. The minimum Gasteiger partial charge on any atom is -0.308 e. The summed E-state index contributed by atoms with van der Waals surface area (Å²) < 4.78 is 0. The molecule has 1 fully saturated rings. The molecule has 0 aliphatic carbocycles. The van der Waals surface area contributed by atoms with Gasteiger partial charge in [-0.25, -0.2) is 4.98 Å². The Kier molecular flexibility index (Phi) is 4.17. The molecule has 0 saturated carbocycles. The van der Waals surface area contributed by atoms with E-state index in [0.29, 0.717) is 11.6 Å². The highest BCUT2D eigenvalue weighted by Gasteiger charge is 2.26. The third kappa shape index (κ3) is 3.76. The third-order valence-electron chi connectivity index (χ3n) is 3.47. The Morgan fingerprint density at radius 1 is 1.41 bits per heavy atom. The summed E-state index contributed by atoms with van der Waals surface area (Å²) in [5.41, 5.74) is 0.320. The molecule has 1 aromatic rings. The standard InChI is InChI=1S/C13H23N3S/c1-13(2,3)16-7-4-11(5-8-16)15-10-12-14-6-9-17-12/h6,9,11,15H,4-5,7-8,10H2,1-3H3. The largest absolute Gasteiger partial charge is 0.308 e. The minimum absolute atomic E-state index is 0.320. The predicted molar refractivity (Wildman–Crippen MR) is 73.3 cm³/mol. The highest BCUT2D eigenvalue weighted by atomic mass is 32.1. The Morgan fingerprint density at radius 3 is 2.65 bits per heavy atom. The molecule has 3 nitrogen and oxygen atoms in total. The lowest BCUT2D eigenvalue weighted by Crippen LogP contribution is -2.49. The number of nitrogens with zero attached hydrogens (tertiary/aromatic N) is 2. The van der Waals surface area contributed by atoms with Crippen LogP contribution in [0.25, 0.3) is 0 Å². The second kappa shape index (κ2) is 5.46.